The Morgan fingerprint density at radius 2 is 1.08 bits per heavy atom. The molecule has 0 spiro atoms. The molecule has 126 valence electrons. The van der Waals surface area contributed by atoms with E-state index in [9.17, 15) is 0 Å². The smallest absolute Gasteiger partial charge is 0.355 e. The van der Waals surface area contributed by atoms with E-state index < -0.39 is 9.28 Å². The van der Waals surface area contributed by atoms with Crippen molar-refractivity contribution in [1.29, 1.82) is 0 Å². The molecule has 0 heterocycles. The molecule has 0 aromatic heterocycles. The van der Waals surface area contributed by atoms with Crippen molar-refractivity contribution < 1.29 is 8.85 Å². The zero-order valence-corrected chi connectivity index (χ0v) is 15.8. The second-order valence-corrected chi connectivity index (χ2v) is 8.25. The molecule has 0 aliphatic carbocycles. The van der Waals surface area contributed by atoms with E-state index >= 15 is 0 Å². The van der Waals surface area contributed by atoms with Crippen LogP contribution in [0.1, 0.15) is 13.8 Å². The molecule has 0 N–H and O–H groups in total. The average Bonchev–Trinajstić information content (AvgIpc) is 2.64. The van der Waals surface area contributed by atoms with Crippen molar-refractivity contribution in [3.63, 3.8) is 0 Å². The first kappa shape index (κ1) is 16.3. The van der Waals surface area contributed by atoms with Gasteiger partial charge in [0.1, 0.15) is 0 Å². The van der Waals surface area contributed by atoms with Crippen LogP contribution in [-0.4, -0.2) is 22.5 Å². The molecule has 0 aliphatic heterocycles. The molecule has 0 amide bonds. The first-order chi connectivity index (χ1) is 12.3. The highest BCUT2D eigenvalue weighted by molar-refractivity contribution is 6.61. The van der Waals surface area contributed by atoms with Gasteiger partial charge in [-0.3, -0.25) is 0 Å². The van der Waals surface area contributed by atoms with Crippen LogP contribution in [0.25, 0.3) is 32.3 Å². The maximum atomic E-state index is 5.88. The van der Waals surface area contributed by atoms with Crippen molar-refractivity contribution >= 4 is 46.8 Å². The average molecular weight is 347 g/mol. The molecular formula is C22H22O2Si. The Labute approximate surface area is 149 Å². The fourth-order valence-corrected chi connectivity index (χ4v) is 5.06. The summed E-state index contributed by atoms with van der Waals surface area (Å²) in [4.78, 5) is 0. The summed E-state index contributed by atoms with van der Waals surface area (Å²) in [7, 11) is -1.80. The number of rotatable bonds is 5. The van der Waals surface area contributed by atoms with Gasteiger partial charge in [0.25, 0.3) is 0 Å². The van der Waals surface area contributed by atoms with Crippen LogP contribution in [0.2, 0.25) is 0 Å². The highest BCUT2D eigenvalue weighted by atomic mass is 28.3. The summed E-state index contributed by atoms with van der Waals surface area (Å²) in [6.45, 7) is 5.44. The molecule has 4 aromatic rings. The second kappa shape index (κ2) is 6.96. The molecule has 3 heteroatoms. The van der Waals surface area contributed by atoms with Gasteiger partial charge in [0.05, 0.1) is 0 Å². The summed E-state index contributed by atoms with van der Waals surface area (Å²) >= 11 is 0. The number of benzene rings is 4. The molecule has 0 saturated carbocycles. The van der Waals surface area contributed by atoms with Gasteiger partial charge in [-0.05, 0) is 75.6 Å². The third-order valence-corrected chi connectivity index (χ3v) is 6.77. The predicted molar refractivity (Wildman–Crippen MR) is 109 cm³/mol. The molecule has 25 heavy (non-hydrogen) atoms. The minimum atomic E-state index is -1.80. The van der Waals surface area contributed by atoms with Gasteiger partial charge in [-0.2, -0.15) is 0 Å². The maximum Gasteiger partial charge on any atom is 0.355 e. The van der Waals surface area contributed by atoms with E-state index in [1.54, 1.807) is 0 Å². The molecular weight excluding hydrogens is 324 g/mol. The predicted octanol–water partition coefficient (Wildman–Crippen LogP) is 4.65. The molecule has 0 atom stereocenters. The molecule has 0 unspecified atom stereocenters. The van der Waals surface area contributed by atoms with E-state index in [0.717, 1.165) is 0 Å². The molecule has 0 saturated heterocycles. The van der Waals surface area contributed by atoms with Gasteiger partial charge in [-0.25, -0.2) is 0 Å². The lowest BCUT2D eigenvalue weighted by Gasteiger charge is -2.15. The van der Waals surface area contributed by atoms with E-state index in [-0.39, 0.29) is 0 Å². The van der Waals surface area contributed by atoms with Crippen LogP contribution in [0.5, 0.6) is 0 Å². The fourth-order valence-electron chi connectivity index (χ4n) is 3.40. The zero-order valence-electron chi connectivity index (χ0n) is 14.7. The lowest BCUT2D eigenvalue weighted by atomic mass is 10.00. The van der Waals surface area contributed by atoms with Crippen LogP contribution in [0, 0.1) is 0 Å². The number of fused-ring (bicyclic) bond motifs is 3. The second-order valence-electron chi connectivity index (χ2n) is 6.25. The lowest BCUT2D eigenvalue weighted by molar-refractivity contribution is 0.225. The Hall–Kier alpha value is -2.20. The van der Waals surface area contributed by atoms with E-state index in [2.05, 4.69) is 66.7 Å². The minimum absolute atomic E-state index is 0.693. The fraction of sp³-hybridized carbons (Fsp3) is 0.182. The van der Waals surface area contributed by atoms with Gasteiger partial charge in [0.15, 0.2) is 0 Å². The topological polar surface area (TPSA) is 18.5 Å². The summed E-state index contributed by atoms with van der Waals surface area (Å²) < 4.78 is 11.8. The molecule has 4 rings (SSSR count). The Kier molecular flexibility index (Phi) is 4.53. The zero-order chi connectivity index (χ0) is 17.2. The number of hydrogen-bond acceptors (Lipinski definition) is 2. The normalized spacial score (nSPS) is 11.8. The van der Waals surface area contributed by atoms with Gasteiger partial charge in [0, 0.05) is 13.2 Å². The summed E-state index contributed by atoms with van der Waals surface area (Å²) in [6, 6.07) is 24.2. The maximum absolute atomic E-state index is 5.88. The monoisotopic (exact) mass is 346 g/mol. The first-order valence-electron chi connectivity index (χ1n) is 8.88. The van der Waals surface area contributed by atoms with Crippen molar-refractivity contribution in [3.05, 3.63) is 66.7 Å². The summed E-state index contributed by atoms with van der Waals surface area (Å²) in [6.07, 6.45) is 0. The molecule has 0 radical (unpaired) electrons. The molecule has 2 nitrogen and oxygen atoms in total. The van der Waals surface area contributed by atoms with Crippen LogP contribution in [0.3, 0.4) is 0 Å². The van der Waals surface area contributed by atoms with Crippen LogP contribution in [-0.2, 0) is 8.85 Å². The molecule has 4 aromatic carbocycles. The van der Waals surface area contributed by atoms with Crippen molar-refractivity contribution in [1.82, 2.24) is 0 Å². The minimum Gasteiger partial charge on any atom is -0.394 e. The Morgan fingerprint density at radius 1 is 0.600 bits per heavy atom. The quantitative estimate of drug-likeness (QED) is 0.387. The Morgan fingerprint density at radius 3 is 1.64 bits per heavy atom. The van der Waals surface area contributed by atoms with Crippen molar-refractivity contribution in [2.75, 3.05) is 13.2 Å². The van der Waals surface area contributed by atoms with Gasteiger partial charge in [-0.15, -0.1) is 0 Å². The van der Waals surface area contributed by atoms with Crippen molar-refractivity contribution in [2.24, 2.45) is 0 Å². The standard InChI is InChI=1S/C22H22O2Si/c1-3-23-25(24-4-2)22-10-9-18-13-19-11-16-7-5-6-8-17(16)12-20(19)14-21(18)15-22/h5-15,25H,3-4H2,1-2H3. The van der Waals surface area contributed by atoms with Crippen LogP contribution >= 0.6 is 0 Å². The van der Waals surface area contributed by atoms with E-state index in [0.29, 0.717) is 13.2 Å². The summed E-state index contributed by atoms with van der Waals surface area (Å²) in [5, 5.41) is 8.82. The first-order valence-corrected chi connectivity index (χ1v) is 10.4. The van der Waals surface area contributed by atoms with Crippen LogP contribution < -0.4 is 5.19 Å². The van der Waals surface area contributed by atoms with Crippen molar-refractivity contribution in [3.8, 4) is 0 Å². The van der Waals surface area contributed by atoms with E-state index in [4.69, 9.17) is 8.85 Å². The lowest BCUT2D eigenvalue weighted by Crippen LogP contribution is -2.36. The molecule has 0 fully saturated rings. The van der Waals surface area contributed by atoms with Gasteiger partial charge < -0.3 is 8.85 Å². The summed E-state index contributed by atoms with van der Waals surface area (Å²) in [5.74, 6) is 0. The van der Waals surface area contributed by atoms with E-state index in [1.165, 1.54) is 37.5 Å². The third-order valence-electron chi connectivity index (χ3n) is 4.59. The largest absolute Gasteiger partial charge is 0.394 e. The van der Waals surface area contributed by atoms with Crippen LogP contribution in [0.15, 0.2) is 66.7 Å². The number of hydrogen-bond donors (Lipinski definition) is 0. The SMILES string of the molecule is CCO[SiH](OCC)c1ccc2cc3cc4ccccc4cc3cc2c1. The molecule has 0 aliphatic rings. The van der Waals surface area contributed by atoms with Gasteiger partial charge in [0.2, 0.25) is 0 Å². The Balaban J connectivity index is 1.86. The van der Waals surface area contributed by atoms with E-state index in [1.807, 2.05) is 13.8 Å². The van der Waals surface area contributed by atoms with Crippen LogP contribution in [0.4, 0.5) is 0 Å². The highest BCUT2D eigenvalue weighted by Gasteiger charge is 2.16. The summed E-state index contributed by atoms with van der Waals surface area (Å²) in [5.41, 5.74) is 0. The van der Waals surface area contributed by atoms with Gasteiger partial charge in [-0.1, -0.05) is 42.5 Å². The Bertz CT molecular complexity index is 1040. The third kappa shape index (κ3) is 3.18. The van der Waals surface area contributed by atoms with Gasteiger partial charge >= 0.3 is 9.28 Å². The highest BCUT2D eigenvalue weighted by Crippen LogP contribution is 2.27. The molecule has 0 bridgehead atoms. The van der Waals surface area contributed by atoms with Crippen molar-refractivity contribution in [2.45, 2.75) is 13.8 Å².